The molecule has 1 heterocycles. The van der Waals surface area contributed by atoms with Crippen LogP contribution >= 0.6 is 11.6 Å². The number of nitrogens with one attached hydrogen (secondary N) is 1. The molecule has 4 heteroatoms. The predicted octanol–water partition coefficient (Wildman–Crippen LogP) is 3.20. The molecule has 2 aromatic rings. The van der Waals surface area contributed by atoms with Gasteiger partial charge in [0.15, 0.2) is 0 Å². The molecule has 0 aliphatic heterocycles. The van der Waals surface area contributed by atoms with E-state index in [0.29, 0.717) is 0 Å². The first-order valence-corrected chi connectivity index (χ1v) is 6.11. The van der Waals surface area contributed by atoms with Crippen LogP contribution in [0.15, 0.2) is 36.9 Å². The SMILES string of the molecule is CCNC(C)c1ccc(-n2ccnc2)cc1Cl. The minimum Gasteiger partial charge on any atom is -0.310 e. The van der Waals surface area contributed by atoms with Crippen molar-refractivity contribution in [2.75, 3.05) is 6.54 Å². The van der Waals surface area contributed by atoms with Crippen LogP contribution in [0.25, 0.3) is 5.69 Å². The van der Waals surface area contributed by atoms with E-state index in [4.69, 9.17) is 11.6 Å². The Morgan fingerprint density at radius 2 is 2.29 bits per heavy atom. The summed E-state index contributed by atoms with van der Waals surface area (Å²) >= 11 is 6.30. The lowest BCUT2D eigenvalue weighted by Crippen LogP contribution is -2.18. The normalized spacial score (nSPS) is 12.6. The Hall–Kier alpha value is -1.32. The number of hydrogen-bond acceptors (Lipinski definition) is 2. The second-order valence-electron chi connectivity index (χ2n) is 3.96. The Morgan fingerprint density at radius 1 is 1.47 bits per heavy atom. The Balaban J connectivity index is 2.29. The quantitative estimate of drug-likeness (QED) is 0.902. The van der Waals surface area contributed by atoms with Gasteiger partial charge in [-0.05, 0) is 31.2 Å². The van der Waals surface area contributed by atoms with Gasteiger partial charge < -0.3 is 9.88 Å². The number of hydrogen-bond donors (Lipinski definition) is 1. The molecular formula is C13H16ClN3. The van der Waals surface area contributed by atoms with Gasteiger partial charge in [0.25, 0.3) is 0 Å². The smallest absolute Gasteiger partial charge is 0.0991 e. The summed E-state index contributed by atoms with van der Waals surface area (Å²) in [6.07, 6.45) is 5.42. The maximum absolute atomic E-state index is 6.30. The third-order valence-corrected chi connectivity index (χ3v) is 3.09. The van der Waals surface area contributed by atoms with Gasteiger partial charge in [-0.25, -0.2) is 4.98 Å². The number of aromatic nitrogens is 2. The fourth-order valence-electron chi connectivity index (χ4n) is 1.86. The Labute approximate surface area is 106 Å². The Morgan fingerprint density at radius 3 is 2.88 bits per heavy atom. The van der Waals surface area contributed by atoms with Crippen LogP contribution in [0.3, 0.4) is 0 Å². The number of rotatable bonds is 4. The molecule has 3 nitrogen and oxygen atoms in total. The van der Waals surface area contributed by atoms with Crippen molar-refractivity contribution < 1.29 is 0 Å². The molecule has 0 aliphatic rings. The first-order chi connectivity index (χ1) is 8.22. The van der Waals surface area contributed by atoms with Crippen molar-refractivity contribution in [3.63, 3.8) is 0 Å². The molecule has 0 bridgehead atoms. The summed E-state index contributed by atoms with van der Waals surface area (Å²) in [4.78, 5) is 4.02. The zero-order chi connectivity index (χ0) is 12.3. The average molecular weight is 250 g/mol. The number of nitrogens with zero attached hydrogens (tertiary/aromatic N) is 2. The van der Waals surface area contributed by atoms with Crippen molar-refractivity contribution in [1.29, 1.82) is 0 Å². The first-order valence-electron chi connectivity index (χ1n) is 5.73. The van der Waals surface area contributed by atoms with Gasteiger partial charge in [0, 0.05) is 29.1 Å². The standard InChI is InChI=1S/C13H16ClN3/c1-3-16-10(2)12-5-4-11(8-13(12)14)17-7-6-15-9-17/h4-10,16H,3H2,1-2H3. The average Bonchev–Trinajstić information content (AvgIpc) is 2.82. The van der Waals surface area contributed by atoms with Gasteiger partial charge in [0.1, 0.15) is 0 Å². The molecule has 0 saturated carbocycles. The molecule has 1 aromatic heterocycles. The van der Waals surface area contributed by atoms with Gasteiger partial charge in [-0.1, -0.05) is 24.6 Å². The monoisotopic (exact) mass is 249 g/mol. The molecule has 2 rings (SSSR count). The Bertz CT molecular complexity index is 479. The highest BCUT2D eigenvalue weighted by atomic mass is 35.5. The van der Waals surface area contributed by atoms with Crippen molar-refractivity contribution >= 4 is 11.6 Å². The van der Waals surface area contributed by atoms with E-state index in [-0.39, 0.29) is 6.04 Å². The lowest BCUT2D eigenvalue weighted by Gasteiger charge is -2.15. The van der Waals surface area contributed by atoms with Crippen molar-refractivity contribution in [2.45, 2.75) is 19.9 Å². The Kier molecular flexibility index (Phi) is 3.82. The van der Waals surface area contributed by atoms with E-state index in [1.54, 1.807) is 12.5 Å². The van der Waals surface area contributed by atoms with Gasteiger partial charge in [0.2, 0.25) is 0 Å². The van der Waals surface area contributed by atoms with Gasteiger partial charge in [-0.15, -0.1) is 0 Å². The summed E-state index contributed by atoms with van der Waals surface area (Å²) in [6, 6.07) is 6.35. The topological polar surface area (TPSA) is 29.9 Å². The van der Waals surface area contributed by atoms with E-state index in [1.165, 1.54) is 0 Å². The molecule has 1 N–H and O–H groups in total. The van der Waals surface area contributed by atoms with Crippen molar-refractivity contribution in [3.8, 4) is 5.69 Å². The van der Waals surface area contributed by atoms with Gasteiger partial charge >= 0.3 is 0 Å². The first kappa shape index (κ1) is 12.1. The highest BCUT2D eigenvalue weighted by molar-refractivity contribution is 6.31. The number of imidazole rings is 1. The summed E-state index contributed by atoms with van der Waals surface area (Å²) in [5.74, 6) is 0. The van der Waals surface area contributed by atoms with E-state index in [9.17, 15) is 0 Å². The van der Waals surface area contributed by atoms with Crippen LogP contribution in [0.5, 0.6) is 0 Å². The predicted molar refractivity (Wildman–Crippen MR) is 70.7 cm³/mol. The molecule has 0 amide bonds. The van der Waals surface area contributed by atoms with Crippen LogP contribution in [0, 0.1) is 0 Å². The minimum absolute atomic E-state index is 0.268. The van der Waals surface area contributed by atoms with Crippen molar-refractivity contribution in [2.24, 2.45) is 0 Å². The lowest BCUT2D eigenvalue weighted by molar-refractivity contribution is 0.598. The fourth-order valence-corrected chi connectivity index (χ4v) is 2.19. The molecule has 0 radical (unpaired) electrons. The molecular weight excluding hydrogens is 234 g/mol. The van der Waals surface area contributed by atoms with Crippen LogP contribution in [0.4, 0.5) is 0 Å². The summed E-state index contributed by atoms with van der Waals surface area (Å²) in [6.45, 7) is 5.13. The zero-order valence-electron chi connectivity index (χ0n) is 10.0. The molecule has 1 unspecified atom stereocenters. The van der Waals surface area contributed by atoms with E-state index < -0.39 is 0 Å². The van der Waals surface area contributed by atoms with Crippen LogP contribution in [-0.4, -0.2) is 16.1 Å². The van der Waals surface area contributed by atoms with Crippen LogP contribution in [-0.2, 0) is 0 Å². The van der Waals surface area contributed by atoms with Gasteiger partial charge in [-0.3, -0.25) is 0 Å². The van der Waals surface area contributed by atoms with E-state index in [0.717, 1.165) is 22.8 Å². The van der Waals surface area contributed by atoms with E-state index in [1.807, 2.05) is 16.8 Å². The number of benzene rings is 1. The molecule has 90 valence electrons. The maximum atomic E-state index is 6.30. The minimum atomic E-state index is 0.268. The largest absolute Gasteiger partial charge is 0.310 e. The van der Waals surface area contributed by atoms with Gasteiger partial charge in [0.05, 0.1) is 6.33 Å². The van der Waals surface area contributed by atoms with Crippen molar-refractivity contribution in [3.05, 3.63) is 47.5 Å². The van der Waals surface area contributed by atoms with Gasteiger partial charge in [-0.2, -0.15) is 0 Å². The van der Waals surface area contributed by atoms with Crippen molar-refractivity contribution in [1.82, 2.24) is 14.9 Å². The third-order valence-electron chi connectivity index (χ3n) is 2.76. The molecule has 17 heavy (non-hydrogen) atoms. The molecule has 0 saturated heterocycles. The summed E-state index contributed by atoms with van der Waals surface area (Å²) in [7, 11) is 0. The summed E-state index contributed by atoms with van der Waals surface area (Å²) in [5, 5.41) is 4.14. The fraction of sp³-hybridized carbons (Fsp3) is 0.308. The third kappa shape index (κ3) is 2.68. The highest BCUT2D eigenvalue weighted by Gasteiger charge is 2.09. The molecule has 0 spiro atoms. The molecule has 1 atom stereocenters. The maximum Gasteiger partial charge on any atom is 0.0991 e. The van der Waals surface area contributed by atoms with Crippen LogP contribution < -0.4 is 5.32 Å². The number of halogens is 1. The molecule has 0 fully saturated rings. The molecule has 0 aliphatic carbocycles. The molecule has 1 aromatic carbocycles. The lowest BCUT2D eigenvalue weighted by atomic mass is 10.1. The second-order valence-corrected chi connectivity index (χ2v) is 4.36. The summed E-state index contributed by atoms with van der Waals surface area (Å²) < 4.78 is 1.94. The zero-order valence-corrected chi connectivity index (χ0v) is 10.8. The van der Waals surface area contributed by atoms with E-state index >= 15 is 0 Å². The summed E-state index contributed by atoms with van der Waals surface area (Å²) in [5.41, 5.74) is 2.15. The highest BCUT2D eigenvalue weighted by Crippen LogP contribution is 2.25. The van der Waals surface area contributed by atoms with E-state index in [2.05, 4.69) is 36.3 Å². The van der Waals surface area contributed by atoms with Crippen LogP contribution in [0.2, 0.25) is 5.02 Å². The van der Waals surface area contributed by atoms with Crippen LogP contribution in [0.1, 0.15) is 25.5 Å². The second kappa shape index (κ2) is 5.34.